The molecule has 0 unspecified atom stereocenters. The van der Waals surface area contributed by atoms with Crippen molar-refractivity contribution in [3.63, 3.8) is 0 Å². The van der Waals surface area contributed by atoms with Crippen molar-refractivity contribution in [2.45, 2.75) is 24.9 Å². The molecule has 1 aliphatic rings. The predicted octanol–water partition coefficient (Wildman–Crippen LogP) is 3.54. The number of thiazole rings is 1. The number of rotatable bonds is 3. The first-order chi connectivity index (χ1) is 9.47. The predicted molar refractivity (Wildman–Crippen MR) is 69.7 cm³/mol. The highest BCUT2D eigenvalue weighted by atomic mass is 32.1. The Labute approximate surface area is 117 Å². The highest BCUT2D eigenvalue weighted by Gasteiger charge is 2.35. The smallest absolute Gasteiger partial charge is 0.373 e. The van der Waals surface area contributed by atoms with Crippen molar-refractivity contribution in [3.05, 3.63) is 23.1 Å². The van der Waals surface area contributed by atoms with Crippen LogP contribution in [0.25, 0.3) is 10.6 Å². The lowest BCUT2D eigenvalue weighted by Gasteiger charge is -2.05. The van der Waals surface area contributed by atoms with E-state index in [0.717, 1.165) is 12.8 Å². The zero-order chi connectivity index (χ0) is 14.3. The van der Waals surface area contributed by atoms with Crippen molar-refractivity contribution < 1.29 is 13.2 Å². The van der Waals surface area contributed by atoms with Crippen LogP contribution in [0.4, 0.5) is 19.0 Å². The van der Waals surface area contributed by atoms with Crippen LogP contribution in [0.2, 0.25) is 0 Å². The molecule has 0 amide bonds. The molecule has 4 nitrogen and oxygen atoms in total. The summed E-state index contributed by atoms with van der Waals surface area (Å²) in [5, 5.41) is 2.05. The van der Waals surface area contributed by atoms with Gasteiger partial charge in [-0.3, -0.25) is 0 Å². The quantitative estimate of drug-likeness (QED) is 0.942. The second kappa shape index (κ2) is 4.69. The van der Waals surface area contributed by atoms with Crippen molar-refractivity contribution in [1.82, 2.24) is 15.0 Å². The minimum absolute atomic E-state index is 0.331. The zero-order valence-electron chi connectivity index (χ0n) is 10.5. The summed E-state index contributed by atoms with van der Waals surface area (Å²) in [4.78, 5) is 12.5. The van der Waals surface area contributed by atoms with Gasteiger partial charge in [0.2, 0.25) is 0 Å². The van der Waals surface area contributed by atoms with Crippen molar-refractivity contribution >= 4 is 17.2 Å². The summed E-state index contributed by atoms with van der Waals surface area (Å²) in [7, 11) is 1.72. The number of hydrogen-bond acceptors (Lipinski definition) is 5. The first-order valence-corrected chi connectivity index (χ1v) is 6.89. The van der Waals surface area contributed by atoms with Crippen molar-refractivity contribution in [3.8, 4) is 10.6 Å². The minimum Gasteiger partial charge on any atom is -0.373 e. The van der Waals surface area contributed by atoms with Crippen LogP contribution in [0.1, 0.15) is 29.6 Å². The molecule has 0 bridgehead atoms. The van der Waals surface area contributed by atoms with Crippen LogP contribution in [0.15, 0.2) is 12.3 Å². The molecule has 20 heavy (non-hydrogen) atoms. The Hall–Kier alpha value is -1.70. The van der Waals surface area contributed by atoms with E-state index in [1.54, 1.807) is 13.1 Å². The topological polar surface area (TPSA) is 50.7 Å². The van der Waals surface area contributed by atoms with Crippen LogP contribution in [0, 0.1) is 0 Å². The van der Waals surface area contributed by atoms with Gasteiger partial charge in [0.05, 0.1) is 10.6 Å². The van der Waals surface area contributed by atoms with Gasteiger partial charge in [0, 0.05) is 25.2 Å². The number of halogens is 3. The van der Waals surface area contributed by atoms with Gasteiger partial charge < -0.3 is 5.32 Å². The van der Waals surface area contributed by atoms with Crippen LogP contribution in [0.3, 0.4) is 0 Å². The lowest BCUT2D eigenvalue weighted by Crippen LogP contribution is -2.02. The van der Waals surface area contributed by atoms with Gasteiger partial charge in [-0.2, -0.15) is 13.2 Å². The van der Waals surface area contributed by atoms with E-state index in [9.17, 15) is 13.2 Å². The number of aromatic nitrogens is 3. The molecule has 0 radical (unpaired) electrons. The lowest BCUT2D eigenvalue weighted by atomic mass is 10.3. The van der Waals surface area contributed by atoms with Gasteiger partial charge >= 0.3 is 6.18 Å². The molecule has 2 aromatic rings. The van der Waals surface area contributed by atoms with Gasteiger partial charge in [0.25, 0.3) is 0 Å². The Balaban J connectivity index is 2.00. The Kier molecular flexibility index (Phi) is 3.12. The van der Waals surface area contributed by atoms with Gasteiger partial charge in [0.1, 0.15) is 11.6 Å². The SMILES string of the molecule is CNc1cc(-c2cnc(C(F)(F)F)s2)nc(C2CC2)n1. The maximum atomic E-state index is 12.6. The number of nitrogens with one attached hydrogen (secondary N) is 1. The molecule has 2 heterocycles. The molecule has 0 atom stereocenters. The van der Waals surface area contributed by atoms with Crippen LogP contribution in [-0.4, -0.2) is 22.0 Å². The molecule has 0 aromatic carbocycles. The van der Waals surface area contributed by atoms with Gasteiger partial charge in [0.15, 0.2) is 5.01 Å². The fraction of sp³-hybridized carbons (Fsp3) is 0.417. The molecule has 8 heteroatoms. The molecule has 106 valence electrons. The normalized spacial score (nSPS) is 15.4. The Morgan fingerprint density at radius 1 is 1.30 bits per heavy atom. The van der Waals surface area contributed by atoms with E-state index in [0.29, 0.717) is 39.5 Å². The average Bonchev–Trinajstić information content (AvgIpc) is 3.13. The molecule has 3 rings (SSSR count). The molecule has 0 saturated heterocycles. The standard InChI is InChI=1S/C12H11F3N4S/c1-16-9-4-7(18-10(19-9)6-2-3-6)8-5-17-11(20-8)12(13,14)15/h4-6H,2-3H2,1H3,(H,16,18,19). The van der Waals surface area contributed by atoms with Crippen LogP contribution in [-0.2, 0) is 6.18 Å². The van der Waals surface area contributed by atoms with E-state index in [1.807, 2.05) is 0 Å². The van der Waals surface area contributed by atoms with Crippen molar-refractivity contribution in [2.24, 2.45) is 0 Å². The fourth-order valence-corrected chi connectivity index (χ4v) is 2.51. The number of alkyl halides is 3. The second-order valence-electron chi connectivity index (χ2n) is 4.55. The minimum atomic E-state index is -4.42. The Morgan fingerprint density at radius 2 is 2.05 bits per heavy atom. The third-order valence-electron chi connectivity index (χ3n) is 2.94. The molecule has 2 aromatic heterocycles. The first kappa shape index (κ1) is 13.3. The summed E-state index contributed by atoms with van der Waals surface area (Å²) in [5.41, 5.74) is 0.485. The molecule has 1 fully saturated rings. The van der Waals surface area contributed by atoms with E-state index in [1.165, 1.54) is 6.20 Å². The molecular weight excluding hydrogens is 289 g/mol. The van der Waals surface area contributed by atoms with E-state index in [4.69, 9.17) is 0 Å². The molecule has 1 N–H and O–H groups in total. The van der Waals surface area contributed by atoms with Gasteiger partial charge in [-0.25, -0.2) is 15.0 Å². The number of hydrogen-bond donors (Lipinski definition) is 1. The fourth-order valence-electron chi connectivity index (χ4n) is 1.77. The largest absolute Gasteiger partial charge is 0.443 e. The summed E-state index contributed by atoms with van der Waals surface area (Å²) in [5.74, 6) is 1.63. The molecule has 0 aliphatic heterocycles. The lowest BCUT2D eigenvalue weighted by molar-refractivity contribution is -0.137. The zero-order valence-corrected chi connectivity index (χ0v) is 11.3. The first-order valence-electron chi connectivity index (χ1n) is 6.07. The molecule has 1 saturated carbocycles. The summed E-state index contributed by atoms with van der Waals surface area (Å²) in [6.07, 6.45) is -1.14. The van der Waals surface area contributed by atoms with Gasteiger partial charge in [-0.1, -0.05) is 0 Å². The Bertz CT molecular complexity index is 634. The van der Waals surface area contributed by atoms with Gasteiger partial charge in [-0.05, 0) is 12.8 Å². The number of anilines is 1. The number of nitrogens with zero attached hydrogens (tertiary/aromatic N) is 3. The average molecular weight is 300 g/mol. The van der Waals surface area contributed by atoms with Gasteiger partial charge in [-0.15, -0.1) is 11.3 Å². The highest BCUT2D eigenvalue weighted by molar-refractivity contribution is 7.15. The van der Waals surface area contributed by atoms with Crippen LogP contribution >= 0.6 is 11.3 Å². The maximum absolute atomic E-state index is 12.6. The molecule has 0 spiro atoms. The van der Waals surface area contributed by atoms with Crippen molar-refractivity contribution in [1.29, 1.82) is 0 Å². The van der Waals surface area contributed by atoms with Crippen LogP contribution < -0.4 is 5.32 Å². The molecular formula is C12H11F3N4S. The van der Waals surface area contributed by atoms with Crippen molar-refractivity contribution in [2.75, 3.05) is 12.4 Å². The van der Waals surface area contributed by atoms with E-state index in [2.05, 4.69) is 20.3 Å². The summed E-state index contributed by atoms with van der Waals surface area (Å²) in [6, 6.07) is 1.64. The van der Waals surface area contributed by atoms with E-state index in [-0.39, 0.29) is 0 Å². The maximum Gasteiger partial charge on any atom is 0.443 e. The molecule has 1 aliphatic carbocycles. The monoisotopic (exact) mass is 300 g/mol. The highest BCUT2D eigenvalue weighted by Crippen LogP contribution is 2.40. The third kappa shape index (κ3) is 2.60. The summed E-state index contributed by atoms with van der Waals surface area (Å²) < 4.78 is 37.7. The second-order valence-corrected chi connectivity index (χ2v) is 5.58. The van der Waals surface area contributed by atoms with Crippen LogP contribution in [0.5, 0.6) is 0 Å². The summed E-state index contributed by atoms with van der Waals surface area (Å²) in [6.45, 7) is 0. The third-order valence-corrected chi connectivity index (χ3v) is 4.01. The summed E-state index contributed by atoms with van der Waals surface area (Å²) >= 11 is 0.599. The van der Waals surface area contributed by atoms with E-state index >= 15 is 0 Å². The Morgan fingerprint density at radius 3 is 2.60 bits per heavy atom. The van der Waals surface area contributed by atoms with E-state index < -0.39 is 11.2 Å².